The average molecular weight is 275 g/mol. The van der Waals surface area contributed by atoms with Crippen LogP contribution in [0.4, 0.5) is 8.78 Å². The molecule has 0 radical (unpaired) electrons. The molecule has 2 rings (SSSR count). The second-order valence-corrected chi connectivity index (χ2v) is 5.25. The summed E-state index contributed by atoms with van der Waals surface area (Å²) < 4.78 is 26.9. The molecule has 106 valence electrons. The molecule has 2 aromatic rings. The van der Waals surface area contributed by atoms with Crippen LogP contribution in [0.2, 0.25) is 0 Å². The molecule has 0 saturated carbocycles. The maximum absolute atomic E-state index is 13.4. The van der Waals surface area contributed by atoms with Gasteiger partial charge in [0.1, 0.15) is 11.6 Å². The van der Waals surface area contributed by atoms with Gasteiger partial charge in [-0.05, 0) is 62.5 Å². The zero-order valence-corrected chi connectivity index (χ0v) is 11.8. The van der Waals surface area contributed by atoms with E-state index in [9.17, 15) is 8.78 Å². The van der Waals surface area contributed by atoms with Gasteiger partial charge in [-0.2, -0.15) is 0 Å². The van der Waals surface area contributed by atoms with E-state index >= 15 is 0 Å². The van der Waals surface area contributed by atoms with Gasteiger partial charge in [0, 0.05) is 5.92 Å². The fourth-order valence-corrected chi connectivity index (χ4v) is 2.36. The molecule has 1 nitrogen and oxygen atoms in total. The fraction of sp³-hybridized carbons (Fsp3) is 0.294. The molecule has 2 aromatic carbocycles. The van der Waals surface area contributed by atoms with Crippen LogP contribution in [0.15, 0.2) is 48.5 Å². The summed E-state index contributed by atoms with van der Waals surface area (Å²) in [4.78, 5) is 2.07. The lowest BCUT2D eigenvalue weighted by atomic mass is 9.88. The predicted octanol–water partition coefficient (Wildman–Crippen LogP) is 4.05. The topological polar surface area (TPSA) is 3.24 Å². The zero-order valence-electron chi connectivity index (χ0n) is 11.8. The highest BCUT2D eigenvalue weighted by atomic mass is 19.1. The maximum Gasteiger partial charge on any atom is 0.123 e. The Morgan fingerprint density at radius 3 is 1.80 bits per heavy atom. The molecule has 0 saturated heterocycles. The number of hydrogen-bond acceptors (Lipinski definition) is 1. The molecule has 0 spiro atoms. The van der Waals surface area contributed by atoms with Gasteiger partial charge in [-0.1, -0.05) is 24.3 Å². The minimum absolute atomic E-state index is 0.00352. The first kappa shape index (κ1) is 14.7. The molecule has 0 bridgehead atoms. The van der Waals surface area contributed by atoms with Crippen LogP contribution in [-0.4, -0.2) is 25.5 Å². The van der Waals surface area contributed by atoms with Gasteiger partial charge in [0.15, 0.2) is 0 Å². The number of hydrogen-bond donors (Lipinski definition) is 0. The van der Waals surface area contributed by atoms with Crippen LogP contribution in [0.1, 0.15) is 23.5 Å². The highest BCUT2D eigenvalue weighted by Gasteiger charge is 2.15. The summed E-state index contributed by atoms with van der Waals surface area (Å²) in [5.74, 6) is -0.508. The van der Waals surface area contributed by atoms with Crippen molar-refractivity contribution in [2.45, 2.75) is 12.3 Å². The van der Waals surface area contributed by atoms with Crippen molar-refractivity contribution >= 4 is 0 Å². The summed E-state index contributed by atoms with van der Waals surface area (Å²) in [5.41, 5.74) is 1.77. The first-order valence-electron chi connectivity index (χ1n) is 6.72. The Labute approximate surface area is 118 Å². The van der Waals surface area contributed by atoms with Crippen LogP contribution in [0.25, 0.3) is 0 Å². The van der Waals surface area contributed by atoms with Crippen molar-refractivity contribution in [1.29, 1.82) is 0 Å². The van der Waals surface area contributed by atoms with Crippen LogP contribution >= 0.6 is 0 Å². The molecule has 0 aromatic heterocycles. The first-order chi connectivity index (χ1) is 9.56. The third-order valence-corrected chi connectivity index (χ3v) is 3.37. The smallest absolute Gasteiger partial charge is 0.123 e. The largest absolute Gasteiger partial charge is 0.309 e. The van der Waals surface area contributed by atoms with Crippen molar-refractivity contribution in [3.05, 3.63) is 71.3 Å². The lowest BCUT2D eigenvalue weighted by molar-refractivity contribution is 0.390. The van der Waals surface area contributed by atoms with Gasteiger partial charge < -0.3 is 4.90 Å². The Bertz CT molecular complexity index is 521. The summed E-state index contributed by atoms with van der Waals surface area (Å²) in [5, 5.41) is 0. The van der Waals surface area contributed by atoms with Crippen LogP contribution in [0, 0.1) is 11.6 Å². The number of nitrogens with zero attached hydrogens (tertiary/aromatic N) is 1. The minimum Gasteiger partial charge on any atom is -0.309 e. The Morgan fingerprint density at radius 2 is 1.40 bits per heavy atom. The molecule has 0 amide bonds. The minimum atomic E-state index is -0.256. The summed E-state index contributed by atoms with van der Waals surface area (Å²) in [6.45, 7) is 0.859. The zero-order chi connectivity index (χ0) is 14.5. The van der Waals surface area contributed by atoms with E-state index in [0.29, 0.717) is 0 Å². The standard InChI is InChI=1S/C17H19F2N/c1-20(2)10-9-17(13-5-3-7-15(18)11-13)14-6-4-8-16(19)12-14/h3-8,11-12,17H,9-10H2,1-2H3. The molecule has 20 heavy (non-hydrogen) atoms. The van der Waals surface area contributed by atoms with Crippen LogP contribution < -0.4 is 0 Å². The Kier molecular flexibility index (Phi) is 4.85. The summed E-state index contributed by atoms with van der Waals surface area (Å²) >= 11 is 0. The summed E-state index contributed by atoms with van der Waals surface area (Å²) in [6.07, 6.45) is 0.819. The van der Waals surface area contributed by atoms with Crippen molar-refractivity contribution in [3.63, 3.8) is 0 Å². The van der Waals surface area contributed by atoms with E-state index in [1.165, 1.54) is 24.3 Å². The van der Waals surface area contributed by atoms with Crippen molar-refractivity contribution < 1.29 is 8.78 Å². The van der Waals surface area contributed by atoms with E-state index in [4.69, 9.17) is 0 Å². The van der Waals surface area contributed by atoms with Crippen LogP contribution in [-0.2, 0) is 0 Å². The van der Waals surface area contributed by atoms with Gasteiger partial charge in [0.25, 0.3) is 0 Å². The molecule has 0 aliphatic heterocycles. The predicted molar refractivity (Wildman–Crippen MR) is 77.8 cm³/mol. The molecule has 0 aliphatic rings. The maximum atomic E-state index is 13.4. The molecular formula is C17H19F2N. The first-order valence-corrected chi connectivity index (χ1v) is 6.72. The molecule has 0 atom stereocenters. The molecule has 3 heteroatoms. The van der Waals surface area contributed by atoms with E-state index in [-0.39, 0.29) is 17.6 Å². The molecule has 0 unspecified atom stereocenters. The van der Waals surface area contributed by atoms with E-state index in [1.807, 2.05) is 26.2 Å². The average Bonchev–Trinajstić information content (AvgIpc) is 2.39. The van der Waals surface area contributed by atoms with Crippen LogP contribution in [0.3, 0.4) is 0 Å². The van der Waals surface area contributed by atoms with Gasteiger partial charge in [-0.25, -0.2) is 8.78 Å². The third kappa shape index (κ3) is 3.87. The normalized spacial score (nSPS) is 11.3. The lowest BCUT2D eigenvalue weighted by Gasteiger charge is -2.20. The molecule has 0 N–H and O–H groups in total. The van der Waals surface area contributed by atoms with E-state index in [1.54, 1.807) is 12.1 Å². The van der Waals surface area contributed by atoms with Gasteiger partial charge in [0.05, 0.1) is 0 Å². The van der Waals surface area contributed by atoms with Gasteiger partial charge >= 0.3 is 0 Å². The van der Waals surface area contributed by atoms with Crippen molar-refractivity contribution in [1.82, 2.24) is 4.90 Å². The Balaban J connectivity index is 2.34. The van der Waals surface area contributed by atoms with Crippen molar-refractivity contribution in [2.24, 2.45) is 0 Å². The Hall–Kier alpha value is -1.74. The lowest BCUT2D eigenvalue weighted by Crippen LogP contribution is -2.16. The highest BCUT2D eigenvalue weighted by molar-refractivity contribution is 5.33. The third-order valence-electron chi connectivity index (χ3n) is 3.37. The molecule has 0 aliphatic carbocycles. The van der Waals surface area contributed by atoms with E-state index in [0.717, 1.165) is 24.1 Å². The monoisotopic (exact) mass is 275 g/mol. The number of benzene rings is 2. The quantitative estimate of drug-likeness (QED) is 0.795. The van der Waals surface area contributed by atoms with Gasteiger partial charge in [-0.15, -0.1) is 0 Å². The summed E-state index contributed by atoms with van der Waals surface area (Å²) in [7, 11) is 3.99. The number of rotatable bonds is 5. The molecule has 0 heterocycles. The molecule has 0 fully saturated rings. The van der Waals surface area contributed by atoms with Crippen molar-refractivity contribution in [3.8, 4) is 0 Å². The van der Waals surface area contributed by atoms with Gasteiger partial charge in [0.2, 0.25) is 0 Å². The fourth-order valence-electron chi connectivity index (χ4n) is 2.36. The Morgan fingerprint density at radius 1 is 0.900 bits per heavy atom. The SMILES string of the molecule is CN(C)CCC(c1cccc(F)c1)c1cccc(F)c1. The summed E-state index contributed by atoms with van der Waals surface area (Å²) in [6, 6.07) is 13.1. The highest BCUT2D eigenvalue weighted by Crippen LogP contribution is 2.29. The van der Waals surface area contributed by atoms with E-state index < -0.39 is 0 Å². The van der Waals surface area contributed by atoms with Crippen molar-refractivity contribution in [2.75, 3.05) is 20.6 Å². The van der Waals surface area contributed by atoms with Gasteiger partial charge in [-0.3, -0.25) is 0 Å². The molecular weight excluding hydrogens is 256 g/mol. The second kappa shape index (κ2) is 6.62. The van der Waals surface area contributed by atoms with Crippen LogP contribution in [0.5, 0.6) is 0 Å². The van der Waals surface area contributed by atoms with E-state index in [2.05, 4.69) is 4.90 Å². The number of halogens is 2. The second-order valence-electron chi connectivity index (χ2n) is 5.25.